The molecule has 0 saturated carbocycles. The number of aliphatic carboxylic acids is 1. The van der Waals surface area contributed by atoms with E-state index in [0.717, 1.165) is 18.6 Å². The Morgan fingerprint density at radius 1 is 0.667 bits per heavy atom. The number of unbranched alkanes of at least 4 members (excludes halogenated alkanes) is 17. The van der Waals surface area contributed by atoms with Crippen LogP contribution in [0.1, 0.15) is 149 Å². The molecule has 1 atom stereocenters. The average Bonchev–Trinajstić information content (AvgIpc) is 2.78. The van der Waals surface area contributed by atoms with Gasteiger partial charge >= 0.3 is 5.97 Å². The zero-order valence-electron chi connectivity index (χ0n) is 22.0. The Kier molecular flexibility index (Phi) is 25.3. The van der Waals surface area contributed by atoms with E-state index in [1.165, 1.54) is 109 Å². The van der Waals surface area contributed by atoms with Crippen molar-refractivity contribution in [2.75, 3.05) is 11.5 Å². The van der Waals surface area contributed by atoms with Gasteiger partial charge in [0.05, 0.1) is 6.42 Å². The number of carboxylic acids is 1. The van der Waals surface area contributed by atoms with Gasteiger partial charge in [-0.15, -0.1) is 0 Å². The Bertz CT molecular complexity index is 445. The molecule has 0 fully saturated rings. The highest BCUT2D eigenvalue weighted by Crippen LogP contribution is 2.15. The molecule has 0 spiro atoms. The molecule has 1 amide bonds. The number of hydrogen-bond acceptors (Lipinski definition) is 3. The van der Waals surface area contributed by atoms with E-state index in [2.05, 4.69) is 19.2 Å². The number of carbonyl (C=O) groups is 2. The van der Waals surface area contributed by atoms with Crippen LogP contribution in [0.3, 0.4) is 0 Å². The molecule has 0 aromatic carbocycles. The fraction of sp³-hybridized carbons (Fsp3) is 0.929. The summed E-state index contributed by atoms with van der Waals surface area (Å²) in [4.78, 5) is 23.3. The van der Waals surface area contributed by atoms with Gasteiger partial charge in [-0.05, 0) is 18.6 Å². The predicted molar refractivity (Wildman–Crippen MR) is 145 cm³/mol. The number of carbonyl (C=O) groups excluding carboxylic acids is 1. The third-order valence-electron chi connectivity index (χ3n) is 6.25. The third kappa shape index (κ3) is 25.7. The zero-order valence-corrected chi connectivity index (χ0v) is 22.8. The molecule has 0 aromatic rings. The van der Waals surface area contributed by atoms with Gasteiger partial charge in [-0.3, -0.25) is 9.59 Å². The number of thioether (sulfide) groups is 1. The van der Waals surface area contributed by atoms with Crippen LogP contribution in [-0.2, 0) is 9.59 Å². The summed E-state index contributed by atoms with van der Waals surface area (Å²) in [6, 6.07) is -0.248. The molecule has 196 valence electrons. The van der Waals surface area contributed by atoms with E-state index in [0.29, 0.717) is 12.2 Å². The van der Waals surface area contributed by atoms with Crippen LogP contribution in [0.5, 0.6) is 0 Å². The van der Waals surface area contributed by atoms with Crippen molar-refractivity contribution in [3.05, 3.63) is 0 Å². The van der Waals surface area contributed by atoms with Crippen LogP contribution in [-0.4, -0.2) is 34.5 Å². The molecule has 0 saturated heterocycles. The van der Waals surface area contributed by atoms with Crippen molar-refractivity contribution in [3.63, 3.8) is 0 Å². The number of amides is 1. The Balaban J connectivity index is 3.59. The highest BCUT2D eigenvalue weighted by Gasteiger charge is 2.15. The largest absolute Gasteiger partial charge is 0.481 e. The molecule has 5 heteroatoms. The maximum Gasteiger partial charge on any atom is 0.305 e. The van der Waals surface area contributed by atoms with Crippen molar-refractivity contribution in [1.29, 1.82) is 0 Å². The number of nitrogens with one attached hydrogen (secondary N) is 1. The van der Waals surface area contributed by atoms with Gasteiger partial charge < -0.3 is 10.4 Å². The molecular formula is C28H55NO3S. The minimum Gasteiger partial charge on any atom is -0.481 e. The predicted octanol–water partition coefficient (Wildman–Crippen LogP) is 8.52. The second kappa shape index (κ2) is 25.9. The van der Waals surface area contributed by atoms with Gasteiger partial charge in [0.1, 0.15) is 0 Å². The number of carboxylic acid groups (broad SMARTS) is 1. The molecule has 2 N–H and O–H groups in total. The fourth-order valence-electron chi connectivity index (χ4n) is 4.18. The Morgan fingerprint density at radius 2 is 1.09 bits per heavy atom. The second-order valence-corrected chi connectivity index (χ2v) is 10.8. The highest BCUT2D eigenvalue weighted by molar-refractivity contribution is 7.99. The minimum absolute atomic E-state index is 0.00911. The molecular weight excluding hydrogens is 430 g/mol. The molecule has 0 aliphatic rings. The van der Waals surface area contributed by atoms with E-state index in [9.17, 15) is 9.59 Å². The fourth-order valence-corrected chi connectivity index (χ4v) is 5.24. The standard InChI is InChI=1S/C28H55NO3S/c1-3-5-7-9-10-11-12-13-14-15-16-17-19-21-23-33-25-26(24-28(31)32)29-27(30)22-20-18-8-6-4-2/h26H,3-25H2,1-2H3,(H,29,30)(H,31,32)/t26-/m0/s1. The molecule has 0 radical (unpaired) electrons. The summed E-state index contributed by atoms with van der Waals surface area (Å²) in [5, 5.41) is 12.1. The van der Waals surface area contributed by atoms with Crippen LogP contribution in [0.2, 0.25) is 0 Å². The molecule has 0 aromatic heterocycles. The lowest BCUT2D eigenvalue weighted by molar-refractivity contribution is -0.137. The summed E-state index contributed by atoms with van der Waals surface area (Å²) in [5.41, 5.74) is 0. The van der Waals surface area contributed by atoms with E-state index in [1.54, 1.807) is 11.8 Å². The van der Waals surface area contributed by atoms with Crippen molar-refractivity contribution < 1.29 is 14.7 Å². The first kappa shape index (κ1) is 32.3. The molecule has 0 unspecified atom stereocenters. The summed E-state index contributed by atoms with van der Waals surface area (Å²) in [5.74, 6) is 0.933. The van der Waals surface area contributed by atoms with E-state index >= 15 is 0 Å². The van der Waals surface area contributed by atoms with Crippen molar-refractivity contribution in [3.8, 4) is 0 Å². The van der Waals surface area contributed by atoms with Crippen LogP contribution in [0, 0.1) is 0 Å². The van der Waals surface area contributed by atoms with Gasteiger partial charge in [-0.25, -0.2) is 0 Å². The summed E-state index contributed by atoms with van der Waals surface area (Å²) in [7, 11) is 0. The molecule has 0 rings (SSSR count). The molecule has 33 heavy (non-hydrogen) atoms. The first-order chi connectivity index (χ1) is 16.1. The summed E-state index contributed by atoms with van der Waals surface area (Å²) in [6.45, 7) is 4.45. The summed E-state index contributed by atoms with van der Waals surface area (Å²) >= 11 is 1.79. The van der Waals surface area contributed by atoms with Crippen molar-refractivity contribution in [2.45, 2.75) is 155 Å². The van der Waals surface area contributed by atoms with Crippen LogP contribution in [0.15, 0.2) is 0 Å². The number of rotatable bonds is 26. The Morgan fingerprint density at radius 3 is 1.55 bits per heavy atom. The SMILES string of the molecule is CCCCCCCCCCCCCCCCSC[C@H](CC(=O)O)NC(=O)CCCCCCC. The molecule has 0 aliphatic heterocycles. The van der Waals surface area contributed by atoms with Gasteiger partial charge in [-0.1, -0.05) is 123 Å². The van der Waals surface area contributed by atoms with E-state index in [-0.39, 0.29) is 18.4 Å². The van der Waals surface area contributed by atoms with Gasteiger partial charge in [0.25, 0.3) is 0 Å². The third-order valence-corrected chi connectivity index (χ3v) is 7.47. The van der Waals surface area contributed by atoms with Crippen LogP contribution >= 0.6 is 11.8 Å². The van der Waals surface area contributed by atoms with Gasteiger partial charge in [-0.2, -0.15) is 11.8 Å². The smallest absolute Gasteiger partial charge is 0.305 e. The lowest BCUT2D eigenvalue weighted by Gasteiger charge is -2.16. The van der Waals surface area contributed by atoms with Gasteiger partial charge in [0.2, 0.25) is 5.91 Å². The van der Waals surface area contributed by atoms with E-state index in [4.69, 9.17) is 5.11 Å². The van der Waals surface area contributed by atoms with Crippen molar-refractivity contribution in [1.82, 2.24) is 5.32 Å². The Labute approximate surface area is 209 Å². The quantitative estimate of drug-likeness (QED) is 0.120. The van der Waals surface area contributed by atoms with Crippen LogP contribution < -0.4 is 5.32 Å². The van der Waals surface area contributed by atoms with Crippen LogP contribution in [0.25, 0.3) is 0 Å². The topological polar surface area (TPSA) is 66.4 Å². The molecule has 4 nitrogen and oxygen atoms in total. The van der Waals surface area contributed by atoms with Crippen LogP contribution in [0.4, 0.5) is 0 Å². The van der Waals surface area contributed by atoms with Gasteiger partial charge in [0.15, 0.2) is 0 Å². The first-order valence-corrected chi connectivity index (χ1v) is 15.3. The lowest BCUT2D eigenvalue weighted by atomic mass is 10.0. The highest BCUT2D eigenvalue weighted by atomic mass is 32.2. The Hall–Kier alpha value is -0.710. The lowest BCUT2D eigenvalue weighted by Crippen LogP contribution is -2.38. The van der Waals surface area contributed by atoms with Crippen molar-refractivity contribution in [2.24, 2.45) is 0 Å². The van der Waals surface area contributed by atoms with Crippen molar-refractivity contribution >= 4 is 23.6 Å². The van der Waals surface area contributed by atoms with Gasteiger partial charge in [0, 0.05) is 18.2 Å². The molecule has 0 aliphatic carbocycles. The average molecular weight is 486 g/mol. The summed E-state index contributed by atoms with van der Waals surface area (Å²) < 4.78 is 0. The molecule has 0 heterocycles. The number of hydrogen-bond donors (Lipinski definition) is 2. The summed E-state index contributed by atoms with van der Waals surface area (Å²) in [6.07, 6.45) is 25.2. The monoisotopic (exact) mass is 485 g/mol. The zero-order chi connectivity index (χ0) is 24.4. The second-order valence-electron chi connectivity index (χ2n) is 9.70. The first-order valence-electron chi connectivity index (χ1n) is 14.2. The maximum atomic E-state index is 12.1. The van der Waals surface area contributed by atoms with E-state index in [1.807, 2.05) is 0 Å². The van der Waals surface area contributed by atoms with E-state index < -0.39 is 5.97 Å². The normalized spacial score (nSPS) is 12.1. The minimum atomic E-state index is -0.833. The molecule has 0 bridgehead atoms. The maximum absolute atomic E-state index is 12.1.